The summed E-state index contributed by atoms with van der Waals surface area (Å²) >= 11 is 5.97. The molecule has 2 aromatic rings. The van der Waals surface area contributed by atoms with Gasteiger partial charge in [-0.2, -0.15) is 0 Å². The van der Waals surface area contributed by atoms with Crippen LogP contribution in [0.15, 0.2) is 36.4 Å². The van der Waals surface area contributed by atoms with Crippen molar-refractivity contribution in [2.45, 2.75) is 20.5 Å². The van der Waals surface area contributed by atoms with Gasteiger partial charge in [0.1, 0.15) is 0 Å². The summed E-state index contributed by atoms with van der Waals surface area (Å²) in [7, 11) is 2.00. The van der Waals surface area contributed by atoms with Crippen LogP contribution in [0.2, 0.25) is 5.02 Å². The maximum Gasteiger partial charge on any atom is 0.0702 e. The van der Waals surface area contributed by atoms with Gasteiger partial charge in [0.25, 0.3) is 0 Å². The van der Waals surface area contributed by atoms with Crippen LogP contribution >= 0.6 is 11.6 Å². The monoisotopic (exact) mass is 275 g/mol. The predicted octanol–water partition coefficient (Wildman–Crippen LogP) is 4.22. The predicted molar refractivity (Wildman–Crippen MR) is 81.4 cm³/mol. The third kappa shape index (κ3) is 3.09. The van der Waals surface area contributed by atoms with Crippen molar-refractivity contribution in [3.8, 4) is 0 Å². The van der Waals surface area contributed by atoms with Crippen LogP contribution in [0.25, 0.3) is 0 Å². The Morgan fingerprint density at radius 3 is 2.26 bits per heavy atom. The maximum atomic E-state index is 9.46. The number of aliphatic hydroxyl groups is 1. The van der Waals surface area contributed by atoms with E-state index >= 15 is 0 Å². The molecule has 0 aromatic heterocycles. The SMILES string of the molecule is Cc1cc(C)cc(N(C)c2ccc(Cl)cc2CO)c1. The average Bonchev–Trinajstić information content (AvgIpc) is 2.36. The molecule has 2 nitrogen and oxygen atoms in total. The molecule has 0 bridgehead atoms. The van der Waals surface area contributed by atoms with Crippen LogP contribution in [0.1, 0.15) is 16.7 Å². The molecule has 0 atom stereocenters. The fourth-order valence-corrected chi connectivity index (χ4v) is 2.49. The Hall–Kier alpha value is -1.51. The van der Waals surface area contributed by atoms with E-state index in [1.807, 2.05) is 19.2 Å². The van der Waals surface area contributed by atoms with E-state index in [1.54, 1.807) is 6.07 Å². The van der Waals surface area contributed by atoms with E-state index in [1.165, 1.54) is 11.1 Å². The zero-order valence-electron chi connectivity index (χ0n) is 11.4. The van der Waals surface area contributed by atoms with Gasteiger partial charge in [0.05, 0.1) is 6.61 Å². The summed E-state index contributed by atoms with van der Waals surface area (Å²) in [6.07, 6.45) is 0. The molecule has 2 aromatic carbocycles. The molecule has 0 aliphatic heterocycles. The van der Waals surface area contributed by atoms with Crippen LogP contribution in [-0.4, -0.2) is 12.2 Å². The molecule has 3 heteroatoms. The highest BCUT2D eigenvalue weighted by molar-refractivity contribution is 6.30. The van der Waals surface area contributed by atoms with Gasteiger partial charge in [-0.15, -0.1) is 0 Å². The Balaban J connectivity index is 2.46. The summed E-state index contributed by atoms with van der Waals surface area (Å²) in [4.78, 5) is 2.07. The first-order valence-electron chi connectivity index (χ1n) is 6.22. The zero-order valence-corrected chi connectivity index (χ0v) is 12.2. The van der Waals surface area contributed by atoms with Crippen LogP contribution in [0.3, 0.4) is 0 Å². The highest BCUT2D eigenvalue weighted by Gasteiger charge is 2.10. The van der Waals surface area contributed by atoms with Gasteiger partial charge in [-0.3, -0.25) is 0 Å². The quantitative estimate of drug-likeness (QED) is 0.907. The summed E-state index contributed by atoms with van der Waals surface area (Å²) in [5, 5.41) is 10.1. The number of aliphatic hydroxyl groups excluding tert-OH is 1. The van der Waals surface area contributed by atoms with Crippen LogP contribution in [0.4, 0.5) is 11.4 Å². The number of halogens is 1. The number of hydrogen-bond acceptors (Lipinski definition) is 2. The van der Waals surface area contributed by atoms with Gasteiger partial charge in [-0.05, 0) is 55.3 Å². The lowest BCUT2D eigenvalue weighted by atomic mass is 10.1. The largest absolute Gasteiger partial charge is 0.392 e. The van der Waals surface area contributed by atoms with E-state index in [0.29, 0.717) is 5.02 Å². The average molecular weight is 276 g/mol. The Kier molecular flexibility index (Phi) is 4.13. The minimum absolute atomic E-state index is 0.0228. The minimum atomic E-state index is -0.0228. The van der Waals surface area contributed by atoms with Crippen molar-refractivity contribution in [3.63, 3.8) is 0 Å². The number of nitrogens with zero attached hydrogens (tertiary/aromatic N) is 1. The van der Waals surface area contributed by atoms with Gasteiger partial charge in [0.2, 0.25) is 0 Å². The Morgan fingerprint density at radius 1 is 1.05 bits per heavy atom. The smallest absolute Gasteiger partial charge is 0.0702 e. The second kappa shape index (κ2) is 5.64. The van der Waals surface area contributed by atoms with Crippen LogP contribution in [0.5, 0.6) is 0 Å². The summed E-state index contributed by atoms with van der Waals surface area (Å²) < 4.78 is 0. The second-order valence-corrected chi connectivity index (χ2v) is 5.27. The fraction of sp³-hybridized carbons (Fsp3) is 0.250. The summed E-state index contributed by atoms with van der Waals surface area (Å²) in [5.74, 6) is 0. The third-order valence-electron chi connectivity index (χ3n) is 3.17. The Morgan fingerprint density at radius 2 is 1.68 bits per heavy atom. The van der Waals surface area contributed by atoms with E-state index in [4.69, 9.17) is 11.6 Å². The number of anilines is 2. The fourth-order valence-electron chi connectivity index (χ4n) is 2.29. The molecule has 0 aliphatic carbocycles. The molecule has 0 fully saturated rings. The maximum absolute atomic E-state index is 9.46. The molecule has 0 spiro atoms. The van der Waals surface area contributed by atoms with Gasteiger partial charge in [-0.1, -0.05) is 17.7 Å². The number of rotatable bonds is 3. The van der Waals surface area contributed by atoms with Gasteiger partial charge in [0, 0.05) is 29.0 Å². The van der Waals surface area contributed by atoms with Crippen molar-refractivity contribution in [3.05, 3.63) is 58.1 Å². The van der Waals surface area contributed by atoms with Gasteiger partial charge >= 0.3 is 0 Å². The van der Waals surface area contributed by atoms with Crippen molar-refractivity contribution in [2.24, 2.45) is 0 Å². The second-order valence-electron chi connectivity index (χ2n) is 4.84. The van der Waals surface area contributed by atoms with Crippen molar-refractivity contribution >= 4 is 23.0 Å². The molecule has 0 saturated carbocycles. The van der Waals surface area contributed by atoms with E-state index in [0.717, 1.165) is 16.9 Å². The van der Waals surface area contributed by atoms with Crippen LogP contribution in [0, 0.1) is 13.8 Å². The van der Waals surface area contributed by atoms with Crippen molar-refractivity contribution in [1.82, 2.24) is 0 Å². The lowest BCUT2D eigenvalue weighted by Gasteiger charge is -2.23. The number of aryl methyl sites for hydroxylation is 2. The first-order valence-corrected chi connectivity index (χ1v) is 6.60. The van der Waals surface area contributed by atoms with Crippen LogP contribution < -0.4 is 4.90 Å². The minimum Gasteiger partial charge on any atom is -0.392 e. The zero-order chi connectivity index (χ0) is 14.0. The molecule has 19 heavy (non-hydrogen) atoms. The third-order valence-corrected chi connectivity index (χ3v) is 3.40. The van der Waals surface area contributed by atoms with E-state index < -0.39 is 0 Å². The van der Waals surface area contributed by atoms with E-state index in [-0.39, 0.29) is 6.61 Å². The molecule has 0 unspecified atom stereocenters. The molecule has 2 rings (SSSR count). The molecule has 1 N–H and O–H groups in total. The Labute approximate surface area is 119 Å². The topological polar surface area (TPSA) is 23.5 Å². The molecule has 100 valence electrons. The van der Waals surface area contributed by atoms with Crippen LogP contribution in [-0.2, 0) is 6.61 Å². The lowest BCUT2D eigenvalue weighted by Crippen LogP contribution is -2.12. The molecule has 0 radical (unpaired) electrons. The van der Waals surface area contributed by atoms with Crippen molar-refractivity contribution in [1.29, 1.82) is 0 Å². The van der Waals surface area contributed by atoms with Crippen molar-refractivity contribution < 1.29 is 5.11 Å². The summed E-state index contributed by atoms with van der Waals surface area (Å²) in [5.41, 5.74) is 5.35. The van der Waals surface area contributed by atoms with Gasteiger partial charge in [-0.25, -0.2) is 0 Å². The molecule has 0 saturated heterocycles. The normalized spacial score (nSPS) is 10.6. The highest BCUT2D eigenvalue weighted by atomic mass is 35.5. The molecule has 0 aliphatic rings. The lowest BCUT2D eigenvalue weighted by molar-refractivity contribution is 0.282. The molecule has 0 heterocycles. The standard InChI is InChI=1S/C16H18ClNO/c1-11-6-12(2)8-15(7-11)18(3)16-5-4-14(17)9-13(16)10-19/h4-9,19H,10H2,1-3H3. The molecular weight excluding hydrogens is 258 g/mol. The van der Waals surface area contributed by atoms with E-state index in [9.17, 15) is 5.11 Å². The summed E-state index contributed by atoms with van der Waals surface area (Å²) in [6.45, 7) is 4.14. The van der Waals surface area contributed by atoms with Gasteiger partial charge in [0.15, 0.2) is 0 Å². The summed E-state index contributed by atoms with van der Waals surface area (Å²) in [6, 6.07) is 12.0. The first-order chi connectivity index (χ1) is 9.01. The number of benzene rings is 2. The van der Waals surface area contributed by atoms with Crippen molar-refractivity contribution in [2.75, 3.05) is 11.9 Å². The molecular formula is C16H18ClNO. The highest BCUT2D eigenvalue weighted by Crippen LogP contribution is 2.30. The Bertz CT molecular complexity index is 575. The number of hydrogen-bond donors (Lipinski definition) is 1. The first kappa shape index (κ1) is 13.9. The molecule has 0 amide bonds. The van der Waals surface area contributed by atoms with E-state index in [2.05, 4.69) is 36.9 Å². The van der Waals surface area contributed by atoms with Gasteiger partial charge < -0.3 is 10.0 Å².